The summed E-state index contributed by atoms with van der Waals surface area (Å²) >= 11 is 1.50. The summed E-state index contributed by atoms with van der Waals surface area (Å²) in [6.07, 6.45) is 2.02. The summed E-state index contributed by atoms with van der Waals surface area (Å²) in [7, 11) is -4.08. The van der Waals surface area contributed by atoms with E-state index in [1.165, 1.54) is 28.5 Å². The van der Waals surface area contributed by atoms with Crippen LogP contribution in [0.2, 0.25) is 0 Å². The molecule has 1 aliphatic rings. The van der Waals surface area contributed by atoms with Crippen molar-refractivity contribution in [3.05, 3.63) is 46.3 Å². The summed E-state index contributed by atoms with van der Waals surface area (Å²) < 4.78 is 26.8. The van der Waals surface area contributed by atoms with E-state index in [0.717, 1.165) is 11.1 Å². The Hall–Kier alpha value is -2.26. The van der Waals surface area contributed by atoms with Gasteiger partial charge in [-0.3, -0.25) is 9.59 Å². The summed E-state index contributed by atoms with van der Waals surface area (Å²) in [6, 6.07) is 4.80. The van der Waals surface area contributed by atoms with Crippen LogP contribution >= 0.6 is 11.3 Å². The van der Waals surface area contributed by atoms with E-state index in [0.29, 0.717) is 13.0 Å². The average molecular weight is 393 g/mol. The van der Waals surface area contributed by atoms with Crippen LogP contribution in [0.3, 0.4) is 0 Å². The molecule has 138 valence electrons. The third kappa shape index (κ3) is 3.49. The van der Waals surface area contributed by atoms with Crippen LogP contribution in [-0.4, -0.2) is 42.2 Å². The lowest BCUT2D eigenvalue weighted by Crippen LogP contribution is -2.68. The van der Waals surface area contributed by atoms with E-state index in [2.05, 4.69) is 9.71 Å². The van der Waals surface area contributed by atoms with E-state index in [4.69, 9.17) is 0 Å². The van der Waals surface area contributed by atoms with Crippen molar-refractivity contribution >= 4 is 33.2 Å². The van der Waals surface area contributed by atoms with Gasteiger partial charge in [-0.1, -0.05) is 6.07 Å². The number of nitrogens with zero attached hydrogens (tertiary/aromatic N) is 2. The Balaban J connectivity index is 1.72. The first-order chi connectivity index (χ1) is 12.2. The number of aromatic nitrogens is 1. The SMILES string of the molecule is Cc1ccc(S(=O)(=O)NC(=O)C2(C)CCN2C(=O)Cc2ccsc2)nc1. The number of pyridine rings is 1. The average Bonchev–Trinajstić information content (AvgIpc) is 3.05. The largest absolute Gasteiger partial charge is 0.328 e. The Kier molecular flexibility index (Phi) is 4.85. The molecule has 1 fully saturated rings. The number of amides is 2. The first-order valence-electron chi connectivity index (χ1n) is 8.04. The summed E-state index contributed by atoms with van der Waals surface area (Å²) in [5.74, 6) is -0.914. The minimum atomic E-state index is -4.08. The van der Waals surface area contributed by atoms with Gasteiger partial charge in [-0.25, -0.2) is 9.71 Å². The van der Waals surface area contributed by atoms with E-state index in [1.54, 1.807) is 19.9 Å². The standard InChI is InChI=1S/C17H19N3O4S2/c1-12-3-4-14(18-10-12)26(23,24)19-16(22)17(2)6-7-20(17)15(21)9-13-5-8-25-11-13/h3-5,8,10-11H,6-7,9H2,1-2H3,(H,19,22). The number of sulfonamides is 1. The van der Waals surface area contributed by atoms with Crippen LogP contribution in [-0.2, 0) is 26.0 Å². The zero-order chi connectivity index (χ0) is 18.9. The molecule has 1 unspecified atom stereocenters. The fourth-order valence-corrected chi connectivity index (χ4v) is 4.43. The molecule has 1 N–H and O–H groups in total. The first kappa shape index (κ1) is 18.5. The second-order valence-electron chi connectivity index (χ2n) is 6.49. The molecule has 3 rings (SSSR count). The lowest BCUT2D eigenvalue weighted by atomic mass is 9.85. The van der Waals surface area contributed by atoms with Gasteiger partial charge >= 0.3 is 0 Å². The van der Waals surface area contributed by atoms with Crippen LogP contribution in [0.1, 0.15) is 24.5 Å². The number of thiophene rings is 1. The van der Waals surface area contributed by atoms with Crippen LogP contribution in [0.25, 0.3) is 0 Å². The molecule has 0 radical (unpaired) electrons. The normalized spacial score (nSPS) is 19.7. The van der Waals surface area contributed by atoms with Gasteiger partial charge in [-0.2, -0.15) is 19.8 Å². The molecule has 0 spiro atoms. The van der Waals surface area contributed by atoms with Crippen molar-refractivity contribution in [2.24, 2.45) is 0 Å². The number of nitrogens with one attached hydrogen (secondary N) is 1. The van der Waals surface area contributed by atoms with Crippen LogP contribution in [0.5, 0.6) is 0 Å². The molecule has 1 saturated heterocycles. The van der Waals surface area contributed by atoms with Crippen molar-refractivity contribution in [1.82, 2.24) is 14.6 Å². The molecule has 3 heterocycles. The number of likely N-dealkylation sites (tertiary alicyclic amines) is 1. The molecular weight excluding hydrogens is 374 g/mol. The zero-order valence-electron chi connectivity index (χ0n) is 14.4. The van der Waals surface area contributed by atoms with Gasteiger partial charge in [0.2, 0.25) is 5.91 Å². The number of carbonyl (C=O) groups is 2. The van der Waals surface area contributed by atoms with Crippen LogP contribution < -0.4 is 4.72 Å². The monoisotopic (exact) mass is 393 g/mol. The van der Waals surface area contributed by atoms with Gasteiger partial charge in [-0.05, 0) is 54.3 Å². The molecule has 1 aliphatic heterocycles. The van der Waals surface area contributed by atoms with Crippen molar-refractivity contribution in [3.8, 4) is 0 Å². The van der Waals surface area contributed by atoms with Gasteiger partial charge in [0.05, 0.1) is 6.42 Å². The van der Waals surface area contributed by atoms with E-state index in [1.807, 2.05) is 16.8 Å². The molecule has 7 nitrogen and oxygen atoms in total. The van der Waals surface area contributed by atoms with Gasteiger partial charge in [-0.15, -0.1) is 0 Å². The molecule has 9 heteroatoms. The highest BCUT2D eigenvalue weighted by Crippen LogP contribution is 2.31. The van der Waals surface area contributed by atoms with E-state index >= 15 is 0 Å². The lowest BCUT2D eigenvalue weighted by Gasteiger charge is -2.48. The molecule has 0 aromatic carbocycles. The summed E-state index contributed by atoms with van der Waals surface area (Å²) in [5.41, 5.74) is 0.516. The Morgan fingerprint density at radius 1 is 1.35 bits per heavy atom. The van der Waals surface area contributed by atoms with Crippen LogP contribution in [0, 0.1) is 6.92 Å². The van der Waals surface area contributed by atoms with Gasteiger partial charge in [0, 0.05) is 12.7 Å². The zero-order valence-corrected chi connectivity index (χ0v) is 16.1. The maximum absolute atomic E-state index is 12.6. The summed E-state index contributed by atoms with van der Waals surface area (Å²) in [4.78, 5) is 30.4. The maximum atomic E-state index is 12.6. The third-order valence-corrected chi connectivity index (χ3v) is 6.51. The Morgan fingerprint density at radius 2 is 2.12 bits per heavy atom. The molecule has 2 amide bonds. The molecule has 2 aromatic heterocycles. The van der Waals surface area contributed by atoms with Crippen molar-refractivity contribution in [1.29, 1.82) is 0 Å². The van der Waals surface area contributed by atoms with E-state index in [9.17, 15) is 18.0 Å². The molecule has 2 aromatic rings. The number of hydrogen-bond donors (Lipinski definition) is 1. The topological polar surface area (TPSA) is 96.4 Å². The van der Waals surface area contributed by atoms with Crippen molar-refractivity contribution in [2.75, 3.05) is 6.54 Å². The Labute approximate surface area is 156 Å². The van der Waals surface area contributed by atoms with E-state index < -0.39 is 21.5 Å². The van der Waals surface area contributed by atoms with Crippen molar-refractivity contribution < 1.29 is 18.0 Å². The van der Waals surface area contributed by atoms with Gasteiger partial charge in [0.25, 0.3) is 15.9 Å². The van der Waals surface area contributed by atoms with Crippen LogP contribution in [0.4, 0.5) is 0 Å². The summed E-state index contributed by atoms with van der Waals surface area (Å²) in [6.45, 7) is 3.79. The second-order valence-corrected chi connectivity index (χ2v) is 8.90. The van der Waals surface area contributed by atoms with Gasteiger partial charge in [0.15, 0.2) is 5.03 Å². The fourth-order valence-electron chi connectivity index (χ4n) is 2.76. The quantitative estimate of drug-likeness (QED) is 0.830. The highest BCUT2D eigenvalue weighted by Gasteiger charge is 2.50. The molecule has 0 aliphatic carbocycles. The smallest absolute Gasteiger partial charge is 0.281 e. The lowest BCUT2D eigenvalue weighted by molar-refractivity contribution is -0.156. The number of hydrogen-bond acceptors (Lipinski definition) is 6. The minimum Gasteiger partial charge on any atom is -0.328 e. The molecular formula is C17H19N3O4S2. The molecule has 26 heavy (non-hydrogen) atoms. The molecule has 0 saturated carbocycles. The van der Waals surface area contributed by atoms with Crippen molar-refractivity contribution in [3.63, 3.8) is 0 Å². The molecule has 0 bridgehead atoms. The minimum absolute atomic E-state index is 0.193. The Morgan fingerprint density at radius 3 is 2.65 bits per heavy atom. The highest BCUT2D eigenvalue weighted by molar-refractivity contribution is 7.90. The number of carbonyl (C=O) groups excluding carboxylic acids is 2. The number of aryl methyl sites for hydroxylation is 1. The van der Waals surface area contributed by atoms with E-state index in [-0.39, 0.29) is 17.4 Å². The maximum Gasteiger partial charge on any atom is 0.281 e. The third-order valence-electron chi connectivity index (χ3n) is 4.53. The van der Waals surface area contributed by atoms with Gasteiger partial charge < -0.3 is 4.90 Å². The predicted molar refractivity (Wildman–Crippen MR) is 97.1 cm³/mol. The summed E-state index contributed by atoms with van der Waals surface area (Å²) in [5, 5.41) is 3.53. The number of rotatable bonds is 5. The van der Waals surface area contributed by atoms with Gasteiger partial charge in [0.1, 0.15) is 5.54 Å². The second kappa shape index (κ2) is 6.81. The predicted octanol–water partition coefficient (Wildman–Crippen LogP) is 1.49. The highest BCUT2D eigenvalue weighted by atomic mass is 32.2. The van der Waals surface area contributed by atoms with Crippen molar-refractivity contribution in [2.45, 2.75) is 37.3 Å². The Bertz CT molecular complexity index is 923. The van der Waals surface area contributed by atoms with Crippen LogP contribution in [0.15, 0.2) is 40.2 Å². The molecule has 1 atom stereocenters. The fraction of sp³-hybridized carbons (Fsp3) is 0.353. The first-order valence-corrected chi connectivity index (χ1v) is 10.5.